The first-order chi connectivity index (χ1) is 4.22. The molecule has 1 aromatic rings. The molecule has 0 aliphatic carbocycles. The Kier molecular flexibility index (Phi) is 3.74. The predicted molar refractivity (Wildman–Crippen MR) is 32.1 cm³/mol. The maximum absolute atomic E-state index is 12.0. The molecule has 0 bridgehead atoms. The van der Waals surface area contributed by atoms with Gasteiger partial charge < -0.3 is 0 Å². The third kappa shape index (κ3) is 1.88. The first-order valence-corrected chi connectivity index (χ1v) is 2.31. The summed E-state index contributed by atoms with van der Waals surface area (Å²) in [5, 5.41) is 0. The van der Waals surface area contributed by atoms with Crippen LogP contribution in [0.25, 0.3) is 0 Å². The van der Waals surface area contributed by atoms with Crippen LogP contribution in [0.4, 0.5) is 13.2 Å². The average Bonchev–Trinajstić information content (AvgIpc) is 1.83. The van der Waals surface area contributed by atoms with Crippen molar-refractivity contribution in [2.45, 2.75) is 0 Å². The fraction of sp³-hybridized carbons (Fsp3) is 0. The van der Waals surface area contributed by atoms with E-state index in [1.165, 1.54) is 0 Å². The Balaban J connectivity index is 0.000000810. The maximum atomic E-state index is 12.0. The lowest BCUT2D eigenvalue weighted by Gasteiger charge is -1.90. The minimum Gasteiger partial charge on any atom is -0.204 e. The lowest BCUT2D eigenvalue weighted by molar-refractivity contribution is 0.447. The number of hydrogen-bond acceptors (Lipinski definition) is 0. The number of benzene rings is 1. The van der Waals surface area contributed by atoms with Crippen molar-refractivity contribution in [1.82, 2.24) is 0 Å². The number of hydrogen-bond donors (Lipinski definition) is 0. The van der Waals surface area contributed by atoms with Gasteiger partial charge >= 0.3 is 0 Å². The average molecular weight is 156 g/mol. The van der Waals surface area contributed by atoms with Gasteiger partial charge in [-0.3, -0.25) is 0 Å². The third-order valence-electron chi connectivity index (χ3n) is 0.904. The minimum absolute atomic E-state index is 0. The summed E-state index contributed by atoms with van der Waals surface area (Å²) in [6.07, 6.45) is 0. The van der Waals surface area contributed by atoms with Gasteiger partial charge in [0, 0.05) is 23.1 Å². The lowest BCUT2D eigenvalue weighted by atomic mass is 10.3. The van der Waals surface area contributed by atoms with Crippen molar-refractivity contribution in [2.24, 2.45) is 0 Å². The summed E-state index contributed by atoms with van der Waals surface area (Å²) >= 11 is 0. The van der Waals surface area contributed by atoms with E-state index < -0.39 is 17.5 Å². The van der Waals surface area contributed by atoms with E-state index >= 15 is 0 Å². The van der Waals surface area contributed by atoms with E-state index in [0.29, 0.717) is 0 Å². The van der Waals surface area contributed by atoms with Crippen LogP contribution in [0.5, 0.6) is 0 Å². The van der Waals surface area contributed by atoms with Crippen LogP contribution >= 0.6 is 0 Å². The van der Waals surface area contributed by atoms with Crippen LogP contribution in [0.2, 0.25) is 0 Å². The maximum Gasteiger partial charge on any atom is 0.194 e. The van der Waals surface area contributed by atoms with Crippen LogP contribution in [-0.4, -0.2) is 23.1 Å². The second kappa shape index (κ2) is 3.83. The molecule has 50 valence electrons. The van der Waals surface area contributed by atoms with E-state index in [0.717, 1.165) is 18.2 Å². The minimum atomic E-state index is -1.42. The van der Waals surface area contributed by atoms with Gasteiger partial charge in [-0.15, -0.1) is 0 Å². The van der Waals surface area contributed by atoms with E-state index in [1.807, 2.05) is 0 Å². The van der Waals surface area contributed by atoms with Gasteiger partial charge in [-0.2, -0.15) is 0 Å². The van der Waals surface area contributed by atoms with Crippen molar-refractivity contribution < 1.29 is 13.2 Å². The van der Waals surface area contributed by atoms with Crippen LogP contribution in [0, 0.1) is 17.5 Å². The summed E-state index contributed by atoms with van der Waals surface area (Å²) in [5.41, 5.74) is 0. The second-order valence-electron chi connectivity index (χ2n) is 1.54. The zero-order valence-corrected chi connectivity index (χ0v) is 6.49. The fourth-order valence-corrected chi connectivity index (χ4v) is 0.477. The molecule has 0 aliphatic heterocycles. The summed E-state index contributed by atoms with van der Waals surface area (Å²) in [7, 11) is 0. The molecular formula is C6H3F3Mg. The normalized spacial score (nSPS) is 8.70. The SMILES string of the molecule is Fc1cccc(F)c1F.[Mg]. The van der Waals surface area contributed by atoms with Crippen molar-refractivity contribution in [2.75, 3.05) is 0 Å². The lowest BCUT2D eigenvalue weighted by Crippen LogP contribution is -1.86. The highest BCUT2D eigenvalue weighted by Crippen LogP contribution is 2.07. The summed E-state index contributed by atoms with van der Waals surface area (Å²) in [6.45, 7) is 0. The molecule has 0 nitrogen and oxygen atoms in total. The van der Waals surface area contributed by atoms with Crippen molar-refractivity contribution in [3.05, 3.63) is 35.7 Å². The van der Waals surface area contributed by atoms with Crippen LogP contribution in [0.3, 0.4) is 0 Å². The Morgan fingerprint density at radius 3 is 1.60 bits per heavy atom. The zero-order valence-electron chi connectivity index (χ0n) is 5.07. The Hall–Kier alpha value is -0.224. The van der Waals surface area contributed by atoms with E-state index in [2.05, 4.69) is 0 Å². The Morgan fingerprint density at radius 1 is 0.900 bits per heavy atom. The van der Waals surface area contributed by atoms with E-state index in [1.54, 1.807) is 0 Å². The van der Waals surface area contributed by atoms with Crippen LogP contribution in [0.1, 0.15) is 0 Å². The molecule has 0 unspecified atom stereocenters. The van der Waals surface area contributed by atoms with Gasteiger partial charge in [0.25, 0.3) is 0 Å². The van der Waals surface area contributed by atoms with Crippen molar-refractivity contribution >= 4 is 23.1 Å². The highest BCUT2D eigenvalue weighted by atomic mass is 24.3. The summed E-state index contributed by atoms with van der Waals surface area (Å²) < 4.78 is 35.9. The van der Waals surface area contributed by atoms with Gasteiger partial charge in [-0.25, -0.2) is 13.2 Å². The Morgan fingerprint density at radius 2 is 1.30 bits per heavy atom. The molecule has 10 heavy (non-hydrogen) atoms. The molecule has 0 fully saturated rings. The molecule has 2 radical (unpaired) electrons. The van der Waals surface area contributed by atoms with Gasteiger partial charge in [-0.1, -0.05) is 6.07 Å². The first kappa shape index (κ1) is 9.78. The molecule has 1 aromatic carbocycles. The van der Waals surface area contributed by atoms with E-state index in [4.69, 9.17) is 0 Å². The second-order valence-corrected chi connectivity index (χ2v) is 1.54. The molecule has 0 N–H and O–H groups in total. The summed E-state index contributed by atoms with van der Waals surface area (Å²) in [4.78, 5) is 0. The van der Waals surface area contributed by atoms with Gasteiger partial charge in [-0.05, 0) is 12.1 Å². The monoisotopic (exact) mass is 156 g/mol. The molecule has 1 rings (SSSR count). The van der Waals surface area contributed by atoms with Gasteiger partial charge in [0.2, 0.25) is 0 Å². The van der Waals surface area contributed by atoms with Gasteiger partial charge in [0.1, 0.15) is 0 Å². The topological polar surface area (TPSA) is 0 Å². The Bertz CT molecular complexity index is 204. The number of halogens is 3. The van der Waals surface area contributed by atoms with E-state index in [-0.39, 0.29) is 23.1 Å². The fourth-order valence-electron chi connectivity index (χ4n) is 0.477. The van der Waals surface area contributed by atoms with Crippen LogP contribution < -0.4 is 0 Å². The van der Waals surface area contributed by atoms with Crippen LogP contribution in [-0.2, 0) is 0 Å². The molecule has 0 aromatic heterocycles. The molecule has 0 spiro atoms. The number of rotatable bonds is 0. The highest BCUT2D eigenvalue weighted by Gasteiger charge is 2.04. The predicted octanol–water partition coefficient (Wildman–Crippen LogP) is 1.72. The van der Waals surface area contributed by atoms with Gasteiger partial charge in [0.05, 0.1) is 0 Å². The molecule has 0 amide bonds. The van der Waals surface area contributed by atoms with Crippen molar-refractivity contribution in [1.29, 1.82) is 0 Å². The molecule has 0 heterocycles. The molecule has 0 saturated heterocycles. The molecule has 4 heteroatoms. The summed E-state index contributed by atoms with van der Waals surface area (Å²) in [6, 6.07) is 2.82. The molecule has 0 aliphatic rings. The standard InChI is InChI=1S/C6H3F3.Mg/c7-4-2-1-3-5(8)6(4)9;/h1-3H;. The van der Waals surface area contributed by atoms with Crippen LogP contribution in [0.15, 0.2) is 18.2 Å². The zero-order chi connectivity index (χ0) is 6.85. The molecular weight excluding hydrogens is 153 g/mol. The molecule has 0 saturated carbocycles. The van der Waals surface area contributed by atoms with Gasteiger partial charge in [0.15, 0.2) is 17.5 Å². The third-order valence-corrected chi connectivity index (χ3v) is 0.904. The summed E-state index contributed by atoms with van der Waals surface area (Å²) in [5.74, 6) is -3.73. The Labute approximate surface area is 72.2 Å². The quantitative estimate of drug-likeness (QED) is 0.396. The van der Waals surface area contributed by atoms with Crippen molar-refractivity contribution in [3.63, 3.8) is 0 Å². The van der Waals surface area contributed by atoms with E-state index in [9.17, 15) is 13.2 Å². The smallest absolute Gasteiger partial charge is 0.194 e. The highest BCUT2D eigenvalue weighted by molar-refractivity contribution is 5.75. The van der Waals surface area contributed by atoms with Crippen molar-refractivity contribution in [3.8, 4) is 0 Å². The largest absolute Gasteiger partial charge is 0.204 e. The molecule has 0 atom stereocenters. The first-order valence-electron chi connectivity index (χ1n) is 2.31.